The third-order valence-electron chi connectivity index (χ3n) is 3.20. The highest BCUT2D eigenvalue weighted by atomic mass is 32.1. The predicted octanol–water partition coefficient (Wildman–Crippen LogP) is 2.91. The lowest BCUT2D eigenvalue weighted by Gasteiger charge is -2.03. The van der Waals surface area contributed by atoms with Crippen LogP contribution < -0.4 is 5.56 Å². The van der Waals surface area contributed by atoms with Gasteiger partial charge in [-0.1, -0.05) is 12.1 Å². The van der Waals surface area contributed by atoms with Gasteiger partial charge < -0.3 is 4.98 Å². The van der Waals surface area contributed by atoms with Gasteiger partial charge in [-0.3, -0.25) is 4.79 Å². The molecule has 0 unspecified atom stereocenters. The summed E-state index contributed by atoms with van der Waals surface area (Å²) in [7, 11) is 0. The molecule has 92 valence electrons. The Morgan fingerprint density at radius 1 is 1.21 bits per heavy atom. The molecule has 0 fully saturated rings. The van der Waals surface area contributed by atoms with Crippen molar-refractivity contribution in [2.24, 2.45) is 15.4 Å². The Bertz CT molecular complexity index is 919. The maximum Gasteiger partial charge on any atom is 0.257 e. The summed E-state index contributed by atoms with van der Waals surface area (Å²) >= 11 is 1.58. The third-order valence-corrected chi connectivity index (χ3v) is 4.15. The number of hydrogen-bond acceptors (Lipinski definition) is 5. The van der Waals surface area contributed by atoms with Crippen LogP contribution in [0.15, 0.2) is 49.9 Å². The van der Waals surface area contributed by atoms with E-state index >= 15 is 0 Å². The van der Waals surface area contributed by atoms with Gasteiger partial charge >= 0.3 is 0 Å². The quantitative estimate of drug-likeness (QED) is 0.724. The van der Waals surface area contributed by atoms with Crippen LogP contribution >= 0.6 is 11.3 Å². The summed E-state index contributed by atoms with van der Waals surface area (Å²) in [5, 5.41) is 15.2. The van der Waals surface area contributed by atoms with E-state index in [2.05, 4.69) is 20.4 Å². The Morgan fingerprint density at radius 2 is 2.16 bits per heavy atom. The van der Waals surface area contributed by atoms with Crippen molar-refractivity contribution < 1.29 is 0 Å². The van der Waals surface area contributed by atoms with E-state index in [1.807, 2.05) is 29.6 Å². The zero-order valence-corrected chi connectivity index (χ0v) is 10.6. The Hall–Kier alpha value is -2.34. The second-order valence-electron chi connectivity index (χ2n) is 4.31. The molecule has 3 heterocycles. The van der Waals surface area contributed by atoms with Crippen molar-refractivity contribution in [1.82, 2.24) is 4.98 Å². The number of fused-ring (bicyclic) bond motifs is 3. The minimum Gasteiger partial charge on any atom is -0.321 e. The maximum atomic E-state index is 12.0. The Labute approximate surface area is 111 Å². The fourth-order valence-electron chi connectivity index (χ4n) is 2.28. The number of thiophene rings is 1. The predicted molar refractivity (Wildman–Crippen MR) is 76.2 cm³/mol. The van der Waals surface area contributed by atoms with Crippen molar-refractivity contribution in [3.8, 4) is 0 Å². The first kappa shape index (κ1) is 10.6. The largest absolute Gasteiger partial charge is 0.321 e. The van der Waals surface area contributed by atoms with Crippen molar-refractivity contribution in [2.75, 3.05) is 6.54 Å². The Kier molecular flexibility index (Phi) is 2.13. The molecule has 0 saturated carbocycles. The van der Waals surface area contributed by atoms with Crippen LogP contribution in [0.4, 0.5) is 0 Å². The molecule has 0 spiro atoms. The number of rotatable bonds is 1. The second kappa shape index (κ2) is 3.83. The van der Waals surface area contributed by atoms with E-state index in [9.17, 15) is 4.79 Å². The molecule has 0 radical (unpaired) electrons. The lowest BCUT2D eigenvalue weighted by Crippen LogP contribution is -2.06. The number of hydrogen-bond donors (Lipinski definition) is 1. The van der Waals surface area contributed by atoms with Crippen LogP contribution in [-0.2, 0) is 0 Å². The lowest BCUT2D eigenvalue weighted by atomic mass is 10.1. The summed E-state index contributed by atoms with van der Waals surface area (Å²) in [6.45, 7) is 0.497. The molecule has 0 amide bonds. The molecule has 4 rings (SSSR count). The number of aromatic nitrogens is 1. The molecule has 0 aliphatic carbocycles. The van der Waals surface area contributed by atoms with Gasteiger partial charge in [0.25, 0.3) is 5.56 Å². The maximum absolute atomic E-state index is 12.0. The minimum absolute atomic E-state index is 0.0522. The minimum atomic E-state index is -0.0522. The van der Waals surface area contributed by atoms with Crippen LogP contribution in [0.3, 0.4) is 0 Å². The van der Waals surface area contributed by atoms with Crippen LogP contribution in [-0.4, -0.2) is 17.2 Å². The van der Waals surface area contributed by atoms with Gasteiger partial charge in [-0.2, -0.15) is 5.11 Å². The van der Waals surface area contributed by atoms with E-state index in [1.165, 1.54) is 0 Å². The Morgan fingerprint density at radius 3 is 3.00 bits per heavy atom. The van der Waals surface area contributed by atoms with Gasteiger partial charge in [0.2, 0.25) is 0 Å². The smallest absolute Gasteiger partial charge is 0.257 e. The third kappa shape index (κ3) is 1.53. The highest BCUT2D eigenvalue weighted by Crippen LogP contribution is 2.26. The van der Waals surface area contributed by atoms with E-state index in [-0.39, 0.29) is 5.56 Å². The summed E-state index contributed by atoms with van der Waals surface area (Å²) in [4.78, 5) is 14.9. The molecule has 1 N–H and O–H groups in total. The van der Waals surface area contributed by atoms with E-state index in [0.717, 1.165) is 32.3 Å². The summed E-state index contributed by atoms with van der Waals surface area (Å²) < 4.78 is 1.02. The van der Waals surface area contributed by atoms with Crippen molar-refractivity contribution in [3.05, 3.63) is 45.6 Å². The van der Waals surface area contributed by atoms with Gasteiger partial charge in [0, 0.05) is 15.6 Å². The molecule has 1 aliphatic heterocycles. The topological polar surface area (TPSA) is 69.9 Å². The molecule has 0 saturated heterocycles. The van der Waals surface area contributed by atoms with Crippen LogP contribution in [0.1, 0.15) is 5.56 Å². The van der Waals surface area contributed by atoms with Crippen LogP contribution in [0.25, 0.3) is 21.0 Å². The fraction of sp³-hybridized carbons (Fsp3) is 0.0769. The number of aromatic amines is 1. The molecule has 0 atom stereocenters. The SMILES string of the molecule is O=c1[nH]c2cc(C3=NN=NC3)ccc2c2sccc12. The standard InChI is InChI=1S/C13H8N4OS/c18-13-9-3-4-19-12(9)8-2-1-7(5-10(8)15-13)11-6-14-17-16-11/h1-5H,6H2,(H,15,18). The summed E-state index contributed by atoms with van der Waals surface area (Å²) in [6, 6.07) is 7.80. The van der Waals surface area contributed by atoms with Gasteiger partial charge in [0.1, 0.15) is 6.54 Å². The molecular weight excluding hydrogens is 260 g/mol. The number of H-pyrrole nitrogens is 1. The summed E-state index contributed by atoms with van der Waals surface area (Å²) in [5.74, 6) is 0. The van der Waals surface area contributed by atoms with Gasteiger partial charge in [-0.05, 0) is 22.7 Å². The van der Waals surface area contributed by atoms with Crippen LogP contribution in [0.2, 0.25) is 0 Å². The zero-order valence-electron chi connectivity index (χ0n) is 9.75. The zero-order chi connectivity index (χ0) is 12.8. The normalized spacial score (nSPS) is 14.4. The number of benzene rings is 1. The van der Waals surface area contributed by atoms with Crippen LogP contribution in [0, 0.1) is 0 Å². The molecule has 19 heavy (non-hydrogen) atoms. The van der Waals surface area contributed by atoms with Crippen molar-refractivity contribution >= 4 is 38.0 Å². The Balaban J connectivity index is 2.04. The highest BCUT2D eigenvalue weighted by molar-refractivity contribution is 7.18. The first-order valence-corrected chi connectivity index (χ1v) is 6.68. The molecule has 5 nitrogen and oxygen atoms in total. The average molecular weight is 268 g/mol. The lowest BCUT2D eigenvalue weighted by molar-refractivity contribution is 1.06. The molecule has 3 aromatic rings. The highest BCUT2D eigenvalue weighted by Gasteiger charge is 2.11. The van der Waals surface area contributed by atoms with Crippen molar-refractivity contribution in [3.63, 3.8) is 0 Å². The first-order valence-electron chi connectivity index (χ1n) is 5.80. The van der Waals surface area contributed by atoms with Gasteiger partial charge in [-0.25, -0.2) is 0 Å². The number of nitrogens with one attached hydrogen (secondary N) is 1. The van der Waals surface area contributed by atoms with Crippen molar-refractivity contribution in [1.29, 1.82) is 0 Å². The van der Waals surface area contributed by atoms with E-state index in [1.54, 1.807) is 11.3 Å². The van der Waals surface area contributed by atoms with Gasteiger partial charge in [0.15, 0.2) is 0 Å². The molecule has 2 aromatic heterocycles. The molecular formula is C13H8N4OS. The van der Waals surface area contributed by atoms with E-state index < -0.39 is 0 Å². The number of pyridine rings is 1. The van der Waals surface area contributed by atoms with E-state index in [4.69, 9.17) is 0 Å². The fourth-order valence-corrected chi connectivity index (χ4v) is 3.21. The average Bonchev–Trinajstić information content (AvgIpc) is 3.10. The van der Waals surface area contributed by atoms with Gasteiger partial charge in [0.05, 0.1) is 16.6 Å². The molecule has 0 bridgehead atoms. The molecule has 1 aromatic carbocycles. The first-order chi connectivity index (χ1) is 9.33. The monoisotopic (exact) mass is 268 g/mol. The molecule has 6 heteroatoms. The van der Waals surface area contributed by atoms with Crippen molar-refractivity contribution in [2.45, 2.75) is 0 Å². The number of nitrogens with zero attached hydrogens (tertiary/aromatic N) is 3. The second-order valence-corrected chi connectivity index (χ2v) is 5.23. The summed E-state index contributed by atoms with van der Waals surface area (Å²) in [6.07, 6.45) is 0. The van der Waals surface area contributed by atoms with Gasteiger partial charge in [-0.15, -0.1) is 16.4 Å². The van der Waals surface area contributed by atoms with Crippen LogP contribution in [0.5, 0.6) is 0 Å². The molecule has 1 aliphatic rings. The summed E-state index contributed by atoms with van der Waals surface area (Å²) in [5.41, 5.74) is 2.55. The van der Waals surface area contributed by atoms with E-state index in [0.29, 0.717) is 6.54 Å².